The van der Waals surface area contributed by atoms with Crippen LogP contribution in [-0.2, 0) is 16.1 Å². The van der Waals surface area contributed by atoms with Gasteiger partial charge in [0, 0.05) is 34.8 Å². The molecule has 6 nitrogen and oxygen atoms in total. The Labute approximate surface area is 185 Å². The summed E-state index contributed by atoms with van der Waals surface area (Å²) in [6.07, 6.45) is 1.73. The molecule has 0 radical (unpaired) electrons. The Balaban J connectivity index is 1.83. The first kappa shape index (κ1) is 20.8. The third-order valence-electron chi connectivity index (χ3n) is 5.44. The van der Waals surface area contributed by atoms with E-state index >= 15 is 0 Å². The maximum Gasteiger partial charge on any atom is 0.259 e. The molecule has 1 N–H and O–H groups in total. The Hall–Kier alpha value is -3.45. The van der Waals surface area contributed by atoms with E-state index in [1.165, 1.54) is 0 Å². The second-order valence-corrected chi connectivity index (χ2v) is 7.85. The van der Waals surface area contributed by atoms with Crippen molar-refractivity contribution in [1.82, 2.24) is 9.88 Å². The monoisotopic (exact) mass is 434 g/mol. The van der Waals surface area contributed by atoms with Gasteiger partial charge in [-0.3, -0.25) is 9.59 Å². The molecule has 1 saturated heterocycles. The van der Waals surface area contributed by atoms with Crippen LogP contribution in [0.5, 0.6) is 11.5 Å². The van der Waals surface area contributed by atoms with Gasteiger partial charge in [-0.15, -0.1) is 0 Å². The van der Waals surface area contributed by atoms with E-state index in [9.17, 15) is 9.59 Å². The number of para-hydroxylation sites is 1. The average Bonchev–Trinajstić information content (AvgIpc) is 3.01. The predicted octanol–water partition coefficient (Wildman–Crippen LogP) is 3.82. The number of fused-ring (bicyclic) bond motifs is 1. The Morgan fingerprint density at radius 1 is 1.10 bits per heavy atom. The van der Waals surface area contributed by atoms with Gasteiger partial charge in [0.05, 0.1) is 31.2 Å². The van der Waals surface area contributed by atoms with Crippen LogP contribution in [0.2, 0.25) is 0 Å². The quantitative estimate of drug-likeness (QED) is 0.376. The zero-order valence-electron chi connectivity index (χ0n) is 17.5. The SMILES string of the molecule is COc1cc(Cn2c(C)c(/C=C3/C(=O)CC(=S)NC3=O)c3ccccc32)cc(OC)c1. The molecule has 0 spiro atoms. The number of methoxy groups -OCH3 is 2. The van der Waals surface area contributed by atoms with Gasteiger partial charge in [0.15, 0.2) is 5.78 Å². The van der Waals surface area contributed by atoms with Crippen LogP contribution in [0.1, 0.15) is 23.2 Å². The number of nitrogens with one attached hydrogen (secondary N) is 1. The molecule has 0 unspecified atom stereocenters. The van der Waals surface area contributed by atoms with Gasteiger partial charge in [-0.05, 0) is 36.8 Å². The van der Waals surface area contributed by atoms with E-state index in [4.69, 9.17) is 21.7 Å². The number of aromatic nitrogens is 1. The van der Waals surface area contributed by atoms with E-state index in [0.717, 1.165) is 27.7 Å². The zero-order valence-corrected chi connectivity index (χ0v) is 18.3. The Morgan fingerprint density at radius 2 is 1.77 bits per heavy atom. The minimum Gasteiger partial charge on any atom is -0.497 e. The highest BCUT2D eigenvalue weighted by molar-refractivity contribution is 7.80. The largest absolute Gasteiger partial charge is 0.497 e. The minimum absolute atomic E-state index is 0.0498. The number of carbonyl (C=O) groups is 2. The third-order valence-corrected chi connectivity index (χ3v) is 5.69. The van der Waals surface area contributed by atoms with E-state index < -0.39 is 5.91 Å². The molecule has 2 heterocycles. The van der Waals surface area contributed by atoms with E-state index in [-0.39, 0.29) is 22.8 Å². The first-order valence-corrected chi connectivity index (χ1v) is 10.2. The van der Waals surface area contributed by atoms with E-state index in [1.54, 1.807) is 20.3 Å². The number of ether oxygens (including phenoxy) is 2. The summed E-state index contributed by atoms with van der Waals surface area (Å²) in [5, 5.41) is 3.56. The zero-order chi connectivity index (χ0) is 22.1. The van der Waals surface area contributed by atoms with Crippen LogP contribution in [0, 0.1) is 6.92 Å². The fourth-order valence-electron chi connectivity index (χ4n) is 3.88. The molecule has 1 aromatic heterocycles. The number of Topliss-reactive ketones (excluding diaryl/α,β-unsaturated/α-hetero) is 1. The topological polar surface area (TPSA) is 69.6 Å². The number of amides is 1. The van der Waals surface area contributed by atoms with Gasteiger partial charge in [-0.25, -0.2) is 0 Å². The van der Waals surface area contributed by atoms with Crippen molar-refractivity contribution in [3.63, 3.8) is 0 Å². The summed E-state index contributed by atoms with van der Waals surface area (Å²) in [4.78, 5) is 25.1. The van der Waals surface area contributed by atoms with Crippen molar-refractivity contribution in [2.24, 2.45) is 0 Å². The maximum atomic E-state index is 12.5. The normalized spacial score (nSPS) is 15.5. The van der Waals surface area contributed by atoms with Crippen LogP contribution in [0.25, 0.3) is 17.0 Å². The number of nitrogens with zero attached hydrogens (tertiary/aromatic N) is 1. The van der Waals surface area contributed by atoms with Gasteiger partial charge in [0.2, 0.25) is 0 Å². The highest BCUT2D eigenvalue weighted by Gasteiger charge is 2.27. The molecule has 1 aliphatic rings. The molecule has 1 aliphatic heterocycles. The van der Waals surface area contributed by atoms with E-state index in [1.807, 2.05) is 49.4 Å². The maximum absolute atomic E-state index is 12.5. The van der Waals surface area contributed by atoms with Crippen LogP contribution in [0.3, 0.4) is 0 Å². The molecule has 158 valence electrons. The van der Waals surface area contributed by atoms with Crippen molar-refractivity contribution >= 4 is 45.9 Å². The molecule has 0 aliphatic carbocycles. The van der Waals surface area contributed by atoms with Gasteiger partial charge >= 0.3 is 0 Å². The summed E-state index contributed by atoms with van der Waals surface area (Å²) in [5.74, 6) is 0.718. The van der Waals surface area contributed by atoms with Gasteiger partial charge in [-0.1, -0.05) is 30.4 Å². The number of rotatable bonds is 5. The first-order valence-electron chi connectivity index (χ1n) is 9.80. The lowest BCUT2D eigenvalue weighted by Gasteiger charge is -2.15. The van der Waals surface area contributed by atoms with E-state index in [0.29, 0.717) is 18.0 Å². The van der Waals surface area contributed by atoms with Crippen LogP contribution in [0.4, 0.5) is 0 Å². The summed E-state index contributed by atoms with van der Waals surface area (Å²) in [6.45, 7) is 2.56. The molecular formula is C24H22N2O4S. The van der Waals surface area contributed by atoms with Gasteiger partial charge in [0.1, 0.15) is 11.5 Å². The third kappa shape index (κ3) is 3.96. The van der Waals surface area contributed by atoms with Crippen LogP contribution < -0.4 is 14.8 Å². The molecule has 4 rings (SSSR count). The minimum atomic E-state index is -0.449. The van der Waals surface area contributed by atoms with Crippen molar-refractivity contribution < 1.29 is 19.1 Å². The lowest BCUT2D eigenvalue weighted by Crippen LogP contribution is -2.39. The number of benzene rings is 2. The first-order chi connectivity index (χ1) is 14.9. The average molecular weight is 435 g/mol. The molecule has 1 amide bonds. The van der Waals surface area contributed by atoms with Gasteiger partial charge in [-0.2, -0.15) is 0 Å². The smallest absolute Gasteiger partial charge is 0.259 e. The summed E-state index contributed by atoms with van der Waals surface area (Å²) < 4.78 is 13.0. The van der Waals surface area contributed by atoms with Crippen molar-refractivity contribution in [2.45, 2.75) is 19.9 Å². The van der Waals surface area contributed by atoms with Crippen molar-refractivity contribution in [2.75, 3.05) is 14.2 Å². The summed E-state index contributed by atoms with van der Waals surface area (Å²) in [5.41, 5.74) is 3.94. The Bertz CT molecular complexity index is 1210. The molecule has 7 heteroatoms. The molecule has 0 bridgehead atoms. The summed E-state index contributed by atoms with van der Waals surface area (Å²) in [6, 6.07) is 13.7. The standard InChI is InChI=1S/C24H22N2O4S/c1-14-19(11-20-22(27)12-23(31)25-24(20)28)18-6-4-5-7-21(18)26(14)13-15-8-16(29-2)10-17(9-15)30-3/h4-11H,12-13H2,1-3H3,(H,25,28,31)/b20-11-. The molecule has 31 heavy (non-hydrogen) atoms. The number of ketones is 1. The predicted molar refractivity (Wildman–Crippen MR) is 124 cm³/mol. The fraction of sp³-hybridized carbons (Fsp3) is 0.208. The molecule has 3 aromatic rings. The Morgan fingerprint density at radius 3 is 2.42 bits per heavy atom. The van der Waals surface area contributed by atoms with Gasteiger partial charge in [0.25, 0.3) is 5.91 Å². The molecule has 0 saturated carbocycles. The number of hydrogen-bond acceptors (Lipinski definition) is 5. The van der Waals surface area contributed by atoms with Crippen LogP contribution in [-0.4, -0.2) is 35.5 Å². The number of piperidine rings is 1. The van der Waals surface area contributed by atoms with Crippen LogP contribution >= 0.6 is 12.2 Å². The van der Waals surface area contributed by atoms with Crippen molar-refractivity contribution in [3.8, 4) is 11.5 Å². The molecule has 2 aromatic carbocycles. The number of hydrogen-bond donors (Lipinski definition) is 1. The van der Waals surface area contributed by atoms with E-state index in [2.05, 4.69) is 9.88 Å². The highest BCUT2D eigenvalue weighted by atomic mass is 32.1. The van der Waals surface area contributed by atoms with Crippen LogP contribution in [0.15, 0.2) is 48.0 Å². The Kier molecular flexibility index (Phi) is 5.61. The van der Waals surface area contributed by atoms with Crippen molar-refractivity contribution in [3.05, 3.63) is 64.9 Å². The molecular weight excluding hydrogens is 412 g/mol. The highest BCUT2D eigenvalue weighted by Crippen LogP contribution is 2.31. The molecule has 0 atom stereocenters. The lowest BCUT2D eigenvalue weighted by atomic mass is 9.99. The summed E-state index contributed by atoms with van der Waals surface area (Å²) in [7, 11) is 3.24. The summed E-state index contributed by atoms with van der Waals surface area (Å²) >= 11 is 4.99. The number of thiocarbonyl (C=S) groups is 1. The second-order valence-electron chi connectivity index (χ2n) is 7.36. The lowest BCUT2D eigenvalue weighted by molar-refractivity contribution is -0.122. The second kappa shape index (κ2) is 8.35. The number of carbonyl (C=O) groups excluding carboxylic acids is 2. The fourth-order valence-corrected chi connectivity index (χ4v) is 4.10. The van der Waals surface area contributed by atoms with Gasteiger partial charge < -0.3 is 19.4 Å². The van der Waals surface area contributed by atoms with Crippen molar-refractivity contribution in [1.29, 1.82) is 0 Å². The molecule has 1 fully saturated rings.